The summed E-state index contributed by atoms with van der Waals surface area (Å²) in [5.74, 6) is 6.17. The highest BCUT2D eigenvalue weighted by Crippen LogP contribution is 1.91. The van der Waals surface area contributed by atoms with Crippen LogP contribution < -0.4 is 0 Å². The van der Waals surface area contributed by atoms with E-state index in [0.29, 0.717) is 19.6 Å². The maximum Gasteiger partial charge on any atom is 0.120 e. The van der Waals surface area contributed by atoms with Crippen LogP contribution in [0, 0.1) is 11.8 Å². The molecule has 0 aliphatic rings. The highest BCUT2D eigenvalue weighted by atomic mass is 16.5. The molecule has 80 valence electrons. The highest BCUT2D eigenvalue weighted by molar-refractivity contribution is 5.48. The molecule has 0 rings (SSSR count). The number of hydrogen-bond donors (Lipinski definition) is 0. The van der Waals surface area contributed by atoms with Crippen molar-refractivity contribution in [2.45, 2.75) is 45.4 Å². The van der Waals surface area contributed by atoms with E-state index in [-0.39, 0.29) is 0 Å². The molecule has 0 heterocycles. The van der Waals surface area contributed by atoms with Gasteiger partial charge in [0.15, 0.2) is 0 Å². The van der Waals surface area contributed by atoms with Crippen LogP contribution in [0.15, 0.2) is 0 Å². The molecule has 0 aromatic rings. The maximum absolute atomic E-state index is 9.96. The van der Waals surface area contributed by atoms with Crippen LogP contribution in [-0.2, 0) is 9.53 Å². The van der Waals surface area contributed by atoms with Gasteiger partial charge in [-0.15, -0.1) is 11.8 Å². The average molecular weight is 196 g/mol. The van der Waals surface area contributed by atoms with Crippen LogP contribution in [0.25, 0.3) is 0 Å². The Hall–Kier alpha value is -0.810. The fourth-order valence-electron chi connectivity index (χ4n) is 0.936. The van der Waals surface area contributed by atoms with Gasteiger partial charge in [-0.2, -0.15) is 0 Å². The molecular formula is C12H20O2. The summed E-state index contributed by atoms with van der Waals surface area (Å²) in [6, 6.07) is 0. The standard InChI is InChI=1S/C12H20O2/c1-2-3-4-5-6-8-11-14-12-9-7-10-13/h10H,2-4,7-9,11-12H2,1H3. The summed E-state index contributed by atoms with van der Waals surface area (Å²) in [4.78, 5) is 9.96. The lowest BCUT2D eigenvalue weighted by Gasteiger charge is -1.97. The van der Waals surface area contributed by atoms with Gasteiger partial charge in [0.05, 0.1) is 6.61 Å². The number of hydrogen-bond acceptors (Lipinski definition) is 2. The van der Waals surface area contributed by atoms with Crippen molar-refractivity contribution >= 4 is 6.29 Å². The molecule has 14 heavy (non-hydrogen) atoms. The van der Waals surface area contributed by atoms with E-state index in [2.05, 4.69) is 18.8 Å². The van der Waals surface area contributed by atoms with Crippen molar-refractivity contribution in [2.24, 2.45) is 0 Å². The van der Waals surface area contributed by atoms with Crippen molar-refractivity contribution in [3.63, 3.8) is 0 Å². The van der Waals surface area contributed by atoms with Crippen molar-refractivity contribution in [2.75, 3.05) is 13.2 Å². The summed E-state index contributed by atoms with van der Waals surface area (Å²) in [6.07, 6.45) is 6.55. The van der Waals surface area contributed by atoms with Gasteiger partial charge in [-0.25, -0.2) is 0 Å². The molecule has 0 aliphatic heterocycles. The first-order valence-electron chi connectivity index (χ1n) is 5.39. The summed E-state index contributed by atoms with van der Waals surface area (Å²) in [5.41, 5.74) is 0. The predicted molar refractivity (Wildman–Crippen MR) is 58.0 cm³/mol. The molecule has 0 aromatic heterocycles. The number of aldehydes is 1. The molecule has 0 bridgehead atoms. The molecule has 0 amide bonds. The Labute approximate surface area is 87.0 Å². The molecule has 0 unspecified atom stereocenters. The second-order valence-corrected chi connectivity index (χ2v) is 3.13. The minimum Gasteiger partial charge on any atom is -0.380 e. The van der Waals surface area contributed by atoms with Crippen molar-refractivity contribution in [1.29, 1.82) is 0 Å². The summed E-state index contributed by atoms with van der Waals surface area (Å²) in [7, 11) is 0. The van der Waals surface area contributed by atoms with Crippen LogP contribution in [0.1, 0.15) is 45.4 Å². The third-order valence-corrected chi connectivity index (χ3v) is 1.76. The molecule has 0 saturated carbocycles. The zero-order chi connectivity index (χ0) is 10.5. The Morgan fingerprint density at radius 1 is 1.14 bits per heavy atom. The SMILES string of the molecule is CCCCC#CCCOCCCC=O. The summed E-state index contributed by atoms with van der Waals surface area (Å²) in [5, 5.41) is 0. The number of rotatable bonds is 8. The Bertz CT molecular complexity index is 176. The first-order chi connectivity index (χ1) is 6.91. The van der Waals surface area contributed by atoms with Gasteiger partial charge < -0.3 is 9.53 Å². The van der Waals surface area contributed by atoms with Crippen molar-refractivity contribution in [1.82, 2.24) is 0 Å². The number of carbonyl (C=O) groups excluding carboxylic acids is 1. The van der Waals surface area contributed by atoms with E-state index < -0.39 is 0 Å². The lowest BCUT2D eigenvalue weighted by atomic mass is 10.2. The van der Waals surface area contributed by atoms with Crippen LogP contribution in [-0.4, -0.2) is 19.5 Å². The molecule has 0 radical (unpaired) electrons. The molecular weight excluding hydrogens is 176 g/mol. The van der Waals surface area contributed by atoms with Gasteiger partial charge in [0, 0.05) is 25.9 Å². The van der Waals surface area contributed by atoms with Gasteiger partial charge in [0.1, 0.15) is 6.29 Å². The summed E-state index contributed by atoms with van der Waals surface area (Å²) < 4.78 is 5.28. The number of unbranched alkanes of at least 4 members (excludes halogenated alkanes) is 3. The van der Waals surface area contributed by atoms with Crippen LogP contribution in [0.2, 0.25) is 0 Å². The highest BCUT2D eigenvalue weighted by Gasteiger charge is 1.86. The second-order valence-electron chi connectivity index (χ2n) is 3.13. The van der Waals surface area contributed by atoms with Gasteiger partial charge in [0.25, 0.3) is 0 Å². The van der Waals surface area contributed by atoms with Crippen LogP contribution in [0.5, 0.6) is 0 Å². The summed E-state index contributed by atoms with van der Waals surface area (Å²) in [6.45, 7) is 3.53. The monoisotopic (exact) mass is 196 g/mol. The molecule has 0 fully saturated rings. The Morgan fingerprint density at radius 3 is 2.64 bits per heavy atom. The van der Waals surface area contributed by atoms with Gasteiger partial charge in [-0.05, 0) is 12.8 Å². The summed E-state index contributed by atoms with van der Waals surface area (Å²) >= 11 is 0. The Balaban J connectivity index is 3.03. The zero-order valence-corrected chi connectivity index (χ0v) is 9.05. The molecule has 0 aromatic carbocycles. The van der Waals surface area contributed by atoms with Gasteiger partial charge >= 0.3 is 0 Å². The van der Waals surface area contributed by atoms with Gasteiger partial charge in [-0.3, -0.25) is 0 Å². The molecule has 0 saturated heterocycles. The van der Waals surface area contributed by atoms with E-state index in [0.717, 1.165) is 25.5 Å². The molecule has 0 atom stereocenters. The zero-order valence-electron chi connectivity index (χ0n) is 9.05. The van der Waals surface area contributed by atoms with E-state index in [1.807, 2.05) is 0 Å². The predicted octanol–water partition coefficient (Wildman–Crippen LogP) is 2.57. The van der Waals surface area contributed by atoms with E-state index in [9.17, 15) is 4.79 Å². The van der Waals surface area contributed by atoms with E-state index in [4.69, 9.17) is 4.74 Å². The van der Waals surface area contributed by atoms with Crippen LogP contribution in [0.3, 0.4) is 0 Å². The fraction of sp³-hybridized carbons (Fsp3) is 0.750. The number of ether oxygens (including phenoxy) is 1. The normalized spacial score (nSPS) is 9.21. The van der Waals surface area contributed by atoms with Crippen molar-refractivity contribution in [3.05, 3.63) is 0 Å². The molecule has 2 nitrogen and oxygen atoms in total. The largest absolute Gasteiger partial charge is 0.380 e. The smallest absolute Gasteiger partial charge is 0.120 e. The Morgan fingerprint density at radius 2 is 1.93 bits per heavy atom. The van der Waals surface area contributed by atoms with E-state index in [1.165, 1.54) is 12.8 Å². The first kappa shape index (κ1) is 13.2. The third-order valence-electron chi connectivity index (χ3n) is 1.76. The van der Waals surface area contributed by atoms with Crippen LogP contribution >= 0.6 is 0 Å². The van der Waals surface area contributed by atoms with Crippen LogP contribution in [0.4, 0.5) is 0 Å². The minimum atomic E-state index is 0.599. The fourth-order valence-corrected chi connectivity index (χ4v) is 0.936. The quantitative estimate of drug-likeness (QED) is 0.339. The number of carbonyl (C=O) groups is 1. The van der Waals surface area contributed by atoms with E-state index in [1.54, 1.807) is 0 Å². The lowest BCUT2D eigenvalue weighted by molar-refractivity contribution is -0.108. The second kappa shape index (κ2) is 12.2. The Kier molecular flexibility index (Phi) is 11.5. The molecule has 0 aliphatic carbocycles. The van der Waals surface area contributed by atoms with Gasteiger partial charge in [0.2, 0.25) is 0 Å². The van der Waals surface area contributed by atoms with Gasteiger partial charge in [-0.1, -0.05) is 13.3 Å². The third kappa shape index (κ3) is 11.2. The maximum atomic E-state index is 9.96. The molecule has 0 spiro atoms. The van der Waals surface area contributed by atoms with Crippen molar-refractivity contribution in [3.8, 4) is 11.8 Å². The molecule has 2 heteroatoms. The minimum absolute atomic E-state index is 0.599. The van der Waals surface area contributed by atoms with Crippen molar-refractivity contribution < 1.29 is 9.53 Å². The molecule has 0 N–H and O–H groups in total. The lowest BCUT2D eigenvalue weighted by Crippen LogP contribution is -1.96. The van der Waals surface area contributed by atoms with E-state index >= 15 is 0 Å². The average Bonchev–Trinajstić information content (AvgIpc) is 2.21. The topological polar surface area (TPSA) is 26.3 Å². The first-order valence-corrected chi connectivity index (χ1v) is 5.39.